The van der Waals surface area contributed by atoms with Gasteiger partial charge in [-0.1, -0.05) is 44.5 Å². The molecule has 1 heterocycles. The number of amides is 1. The van der Waals surface area contributed by atoms with E-state index in [9.17, 15) is 4.79 Å². The molecule has 1 amide bonds. The maximum absolute atomic E-state index is 12.8. The van der Waals surface area contributed by atoms with Gasteiger partial charge in [-0.25, -0.2) is 0 Å². The average Bonchev–Trinajstić information content (AvgIpc) is 3.11. The van der Waals surface area contributed by atoms with E-state index >= 15 is 0 Å². The number of hydrogen-bond donors (Lipinski definition) is 1. The van der Waals surface area contributed by atoms with Gasteiger partial charge in [0.25, 0.3) is 0 Å². The molecule has 3 rings (SSSR count). The van der Waals surface area contributed by atoms with Gasteiger partial charge >= 0.3 is 0 Å². The number of nitrogens with one attached hydrogen (secondary N) is 1. The van der Waals surface area contributed by atoms with E-state index in [1.807, 2.05) is 6.08 Å². The van der Waals surface area contributed by atoms with Gasteiger partial charge in [0.1, 0.15) is 5.82 Å². The standard InChI is InChI=1S/C18H28N4OS/c1-4-11-22-16(13-9-10-13)20-21-18(22)24-15(12(2)3)17(23)19-14-7-5-6-8-14/h4,12-15H,1,5-11H2,2-3H3,(H,19,23). The van der Waals surface area contributed by atoms with Crippen molar-refractivity contribution in [2.45, 2.75) is 81.3 Å². The molecule has 1 aromatic heterocycles. The Morgan fingerprint density at radius 1 is 1.33 bits per heavy atom. The minimum Gasteiger partial charge on any atom is -0.352 e. The zero-order valence-corrected chi connectivity index (χ0v) is 15.5. The summed E-state index contributed by atoms with van der Waals surface area (Å²) in [4.78, 5) is 12.8. The lowest BCUT2D eigenvalue weighted by Crippen LogP contribution is -2.41. The fourth-order valence-corrected chi connectivity index (χ4v) is 4.35. The van der Waals surface area contributed by atoms with Gasteiger partial charge in [-0.3, -0.25) is 4.79 Å². The Morgan fingerprint density at radius 2 is 2.04 bits per heavy atom. The lowest BCUT2D eigenvalue weighted by atomic mass is 10.1. The molecule has 132 valence electrons. The maximum atomic E-state index is 12.8. The summed E-state index contributed by atoms with van der Waals surface area (Å²) >= 11 is 1.55. The molecule has 1 unspecified atom stereocenters. The van der Waals surface area contributed by atoms with Crippen LogP contribution in [0.15, 0.2) is 17.8 Å². The van der Waals surface area contributed by atoms with Crippen molar-refractivity contribution in [2.75, 3.05) is 0 Å². The monoisotopic (exact) mass is 348 g/mol. The summed E-state index contributed by atoms with van der Waals surface area (Å²) < 4.78 is 2.13. The smallest absolute Gasteiger partial charge is 0.234 e. The molecule has 0 aromatic carbocycles. The first-order valence-corrected chi connectivity index (χ1v) is 9.99. The largest absolute Gasteiger partial charge is 0.352 e. The normalized spacial score (nSPS) is 19.6. The van der Waals surface area contributed by atoms with Crippen molar-refractivity contribution in [3.8, 4) is 0 Å². The number of thioether (sulfide) groups is 1. The molecule has 2 fully saturated rings. The van der Waals surface area contributed by atoms with Crippen molar-refractivity contribution in [3.05, 3.63) is 18.5 Å². The van der Waals surface area contributed by atoms with Gasteiger partial charge in [-0.05, 0) is 31.6 Å². The van der Waals surface area contributed by atoms with Gasteiger partial charge in [0, 0.05) is 18.5 Å². The Balaban J connectivity index is 1.72. The summed E-state index contributed by atoms with van der Waals surface area (Å²) in [7, 11) is 0. The van der Waals surface area contributed by atoms with E-state index in [0.717, 1.165) is 23.8 Å². The molecule has 0 saturated heterocycles. The van der Waals surface area contributed by atoms with Gasteiger partial charge in [0.15, 0.2) is 5.16 Å². The van der Waals surface area contributed by atoms with Crippen molar-refractivity contribution < 1.29 is 4.79 Å². The molecular weight excluding hydrogens is 320 g/mol. The summed E-state index contributed by atoms with van der Waals surface area (Å²) in [5, 5.41) is 12.7. The fraction of sp³-hybridized carbons (Fsp3) is 0.722. The Labute approximate surface area is 148 Å². The first kappa shape index (κ1) is 17.5. The fourth-order valence-electron chi connectivity index (χ4n) is 3.29. The highest BCUT2D eigenvalue weighted by Gasteiger charge is 2.33. The summed E-state index contributed by atoms with van der Waals surface area (Å²) in [6.07, 6.45) is 8.93. The maximum Gasteiger partial charge on any atom is 0.234 e. The second kappa shape index (κ2) is 7.72. The van der Waals surface area contributed by atoms with Crippen LogP contribution in [0.25, 0.3) is 0 Å². The van der Waals surface area contributed by atoms with E-state index in [4.69, 9.17) is 0 Å². The van der Waals surface area contributed by atoms with Crippen LogP contribution in [0.4, 0.5) is 0 Å². The third kappa shape index (κ3) is 4.02. The number of carbonyl (C=O) groups is 1. The number of rotatable bonds is 8. The van der Waals surface area contributed by atoms with Crippen LogP contribution in [0, 0.1) is 5.92 Å². The average molecular weight is 349 g/mol. The van der Waals surface area contributed by atoms with Gasteiger partial charge < -0.3 is 9.88 Å². The molecule has 1 aromatic rings. The Bertz CT molecular complexity index is 588. The molecule has 6 heteroatoms. The minimum absolute atomic E-state index is 0.134. The van der Waals surface area contributed by atoms with Crippen LogP contribution in [0.3, 0.4) is 0 Å². The second-order valence-corrected chi connectivity index (χ2v) is 8.40. The molecule has 0 aliphatic heterocycles. The van der Waals surface area contributed by atoms with Crippen molar-refractivity contribution in [1.29, 1.82) is 0 Å². The Kier molecular flexibility index (Phi) is 5.64. The Morgan fingerprint density at radius 3 is 2.62 bits per heavy atom. The highest BCUT2D eigenvalue weighted by atomic mass is 32.2. The number of hydrogen-bond acceptors (Lipinski definition) is 4. The number of aromatic nitrogens is 3. The zero-order valence-electron chi connectivity index (χ0n) is 14.7. The van der Waals surface area contributed by atoms with E-state index in [0.29, 0.717) is 18.5 Å². The Hall–Kier alpha value is -1.30. The number of allylic oxidation sites excluding steroid dienone is 1. The predicted octanol–water partition coefficient (Wildman–Crippen LogP) is 3.52. The molecule has 1 N–H and O–H groups in total. The van der Waals surface area contributed by atoms with Gasteiger partial charge in [0.05, 0.1) is 5.25 Å². The second-order valence-electron chi connectivity index (χ2n) is 7.29. The molecular formula is C18H28N4OS. The number of carbonyl (C=O) groups excluding carboxylic acids is 1. The first-order valence-electron chi connectivity index (χ1n) is 9.11. The zero-order chi connectivity index (χ0) is 17.1. The SMILES string of the molecule is C=CCn1c(SC(C(=O)NC2CCCC2)C(C)C)nnc1C1CC1. The molecule has 2 saturated carbocycles. The topological polar surface area (TPSA) is 59.8 Å². The van der Waals surface area contributed by atoms with Crippen LogP contribution in [-0.4, -0.2) is 32.0 Å². The van der Waals surface area contributed by atoms with Gasteiger partial charge in [-0.15, -0.1) is 16.8 Å². The lowest BCUT2D eigenvalue weighted by Gasteiger charge is -2.22. The van der Waals surface area contributed by atoms with E-state index in [1.54, 1.807) is 11.8 Å². The molecule has 0 radical (unpaired) electrons. The highest BCUT2D eigenvalue weighted by molar-refractivity contribution is 8.00. The quantitative estimate of drug-likeness (QED) is 0.577. The van der Waals surface area contributed by atoms with Gasteiger partial charge in [0.2, 0.25) is 5.91 Å². The van der Waals surface area contributed by atoms with Crippen LogP contribution < -0.4 is 5.32 Å². The van der Waals surface area contributed by atoms with Crippen LogP contribution in [0.5, 0.6) is 0 Å². The molecule has 5 nitrogen and oxygen atoms in total. The first-order chi connectivity index (χ1) is 11.6. The molecule has 2 aliphatic rings. The third-order valence-electron chi connectivity index (χ3n) is 4.80. The minimum atomic E-state index is -0.134. The third-order valence-corrected chi connectivity index (χ3v) is 6.32. The van der Waals surface area contributed by atoms with Crippen LogP contribution in [-0.2, 0) is 11.3 Å². The van der Waals surface area contributed by atoms with Gasteiger partial charge in [-0.2, -0.15) is 0 Å². The molecule has 2 aliphatic carbocycles. The molecule has 1 atom stereocenters. The van der Waals surface area contributed by atoms with Crippen LogP contribution in [0.2, 0.25) is 0 Å². The lowest BCUT2D eigenvalue weighted by molar-refractivity contribution is -0.121. The molecule has 0 bridgehead atoms. The van der Waals surface area contributed by atoms with E-state index in [1.165, 1.54) is 25.7 Å². The highest BCUT2D eigenvalue weighted by Crippen LogP contribution is 2.40. The number of nitrogens with zero attached hydrogens (tertiary/aromatic N) is 3. The summed E-state index contributed by atoms with van der Waals surface area (Å²) in [5.41, 5.74) is 0. The molecule has 0 spiro atoms. The van der Waals surface area contributed by atoms with Crippen molar-refractivity contribution in [2.24, 2.45) is 5.92 Å². The van der Waals surface area contributed by atoms with Crippen molar-refractivity contribution >= 4 is 17.7 Å². The van der Waals surface area contributed by atoms with Crippen LogP contribution in [0.1, 0.15) is 64.1 Å². The summed E-state index contributed by atoms with van der Waals surface area (Å²) in [5.74, 6) is 1.98. The van der Waals surface area contributed by atoms with Crippen molar-refractivity contribution in [3.63, 3.8) is 0 Å². The summed E-state index contributed by atoms with van der Waals surface area (Å²) in [6, 6.07) is 0.354. The van der Waals surface area contributed by atoms with E-state index in [2.05, 4.69) is 40.5 Å². The van der Waals surface area contributed by atoms with E-state index in [-0.39, 0.29) is 17.1 Å². The van der Waals surface area contributed by atoms with Crippen LogP contribution >= 0.6 is 11.8 Å². The molecule has 24 heavy (non-hydrogen) atoms. The van der Waals surface area contributed by atoms with Crippen molar-refractivity contribution in [1.82, 2.24) is 20.1 Å². The summed E-state index contributed by atoms with van der Waals surface area (Å²) in [6.45, 7) is 8.75. The predicted molar refractivity (Wildman–Crippen MR) is 97.1 cm³/mol. The van der Waals surface area contributed by atoms with E-state index < -0.39 is 0 Å².